The van der Waals surface area contributed by atoms with Crippen molar-refractivity contribution in [1.82, 2.24) is 20.1 Å². The van der Waals surface area contributed by atoms with Gasteiger partial charge in [-0.05, 0) is 40.4 Å². The number of halogens is 2. The number of aromatic nitrogens is 3. The second-order valence-electron chi connectivity index (χ2n) is 6.37. The van der Waals surface area contributed by atoms with E-state index in [1.807, 2.05) is 47.0 Å². The van der Waals surface area contributed by atoms with E-state index >= 15 is 0 Å². The molecule has 31 heavy (non-hydrogen) atoms. The Hall–Kier alpha value is -2.62. The molecule has 0 radical (unpaired) electrons. The molecule has 1 heterocycles. The summed E-state index contributed by atoms with van der Waals surface area (Å²) in [7, 11) is 0. The third kappa shape index (κ3) is 5.96. The molecular weight excluding hydrogens is 504 g/mol. The van der Waals surface area contributed by atoms with Crippen molar-refractivity contribution in [3.8, 4) is 5.69 Å². The Morgan fingerprint density at radius 1 is 1.23 bits per heavy atom. The Bertz CT molecular complexity index is 1180. The van der Waals surface area contributed by atoms with Crippen molar-refractivity contribution >= 4 is 61.9 Å². The summed E-state index contributed by atoms with van der Waals surface area (Å²) in [6.07, 6.45) is 2.74. The van der Waals surface area contributed by atoms with Crippen molar-refractivity contribution in [3.05, 3.63) is 70.1 Å². The first-order valence-corrected chi connectivity index (χ1v) is 11.3. The molecule has 2 aromatic carbocycles. The zero-order chi connectivity index (χ0) is 22.4. The van der Waals surface area contributed by atoms with Crippen LogP contribution in [0.3, 0.4) is 0 Å². The number of fused-ring (bicyclic) bond motifs is 1. The van der Waals surface area contributed by atoms with Crippen molar-refractivity contribution in [1.29, 1.82) is 0 Å². The Morgan fingerprint density at radius 3 is 2.71 bits per heavy atom. The minimum atomic E-state index is -0.969. The van der Waals surface area contributed by atoms with Crippen LogP contribution in [0.4, 0.5) is 0 Å². The highest BCUT2D eigenvalue weighted by Crippen LogP contribution is 2.29. The van der Waals surface area contributed by atoms with Crippen LogP contribution >= 0.6 is 39.3 Å². The lowest BCUT2D eigenvalue weighted by Crippen LogP contribution is -2.24. The fourth-order valence-corrected chi connectivity index (χ4v) is 4.20. The molecule has 160 valence electrons. The molecule has 0 atom stereocenters. The standard InChI is InChI=1S/C21H18BrClN4O3S/c1-13(23)16(9-5-11-19(29)30)24-18(28)12-31-21-26-25-20(22)27(21)17-10-4-7-14-6-2-3-8-15(14)17/h2-10H,11-12H2,1H3,(H,24,28)(H,29,30)/b9-5-,16-13-. The topological polar surface area (TPSA) is 97.1 Å². The van der Waals surface area contributed by atoms with E-state index in [2.05, 4.69) is 31.4 Å². The van der Waals surface area contributed by atoms with Gasteiger partial charge in [0.15, 0.2) is 5.16 Å². The highest BCUT2D eigenvalue weighted by atomic mass is 79.9. The zero-order valence-electron chi connectivity index (χ0n) is 16.4. The van der Waals surface area contributed by atoms with Gasteiger partial charge >= 0.3 is 5.97 Å². The molecule has 0 saturated heterocycles. The van der Waals surface area contributed by atoms with Crippen LogP contribution in [-0.4, -0.2) is 37.5 Å². The largest absolute Gasteiger partial charge is 0.481 e. The summed E-state index contributed by atoms with van der Waals surface area (Å²) < 4.78 is 2.37. The minimum absolute atomic E-state index is 0.0658. The second-order valence-corrected chi connectivity index (χ2v) is 8.59. The number of carboxylic acids is 1. The van der Waals surface area contributed by atoms with Gasteiger partial charge in [-0.1, -0.05) is 65.8 Å². The second kappa shape index (κ2) is 10.6. The van der Waals surface area contributed by atoms with Gasteiger partial charge in [-0.2, -0.15) is 0 Å². The molecule has 7 nitrogen and oxygen atoms in total. The van der Waals surface area contributed by atoms with Gasteiger partial charge < -0.3 is 10.4 Å². The van der Waals surface area contributed by atoms with Crippen LogP contribution in [0.25, 0.3) is 16.5 Å². The van der Waals surface area contributed by atoms with Crippen molar-refractivity contribution in [2.75, 3.05) is 5.75 Å². The van der Waals surface area contributed by atoms with Crippen molar-refractivity contribution in [3.63, 3.8) is 0 Å². The first-order chi connectivity index (χ1) is 14.9. The fraction of sp³-hybridized carbons (Fsp3) is 0.143. The zero-order valence-corrected chi connectivity index (χ0v) is 19.5. The van der Waals surface area contributed by atoms with Gasteiger partial charge in [0.1, 0.15) is 0 Å². The maximum Gasteiger partial charge on any atom is 0.307 e. The molecule has 0 spiro atoms. The summed E-state index contributed by atoms with van der Waals surface area (Å²) in [5.74, 6) is -1.21. The van der Waals surface area contributed by atoms with E-state index in [0.717, 1.165) is 16.5 Å². The molecule has 10 heteroatoms. The third-order valence-electron chi connectivity index (χ3n) is 4.16. The summed E-state index contributed by atoms with van der Waals surface area (Å²) >= 11 is 10.7. The van der Waals surface area contributed by atoms with E-state index in [0.29, 0.717) is 20.6 Å². The Kier molecular flexibility index (Phi) is 7.89. The quantitative estimate of drug-likeness (QED) is 0.323. The number of rotatable bonds is 8. The number of nitrogens with zero attached hydrogens (tertiary/aromatic N) is 3. The van der Waals surface area contributed by atoms with Gasteiger partial charge in [-0.25, -0.2) is 0 Å². The van der Waals surface area contributed by atoms with Crippen molar-refractivity contribution in [2.45, 2.75) is 18.5 Å². The van der Waals surface area contributed by atoms with Crippen LogP contribution in [0.5, 0.6) is 0 Å². The third-order valence-corrected chi connectivity index (χ3v) is 5.80. The molecule has 3 rings (SSSR count). The number of carboxylic acid groups (broad SMARTS) is 1. The van der Waals surface area contributed by atoms with Gasteiger partial charge in [0.25, 0.3) is 0 Å². The number of thioether (sulfide) groups is 1. The fourth-order valence-electron chi connectivity index (χ4n) is 2.79. The van der Waals surface area contributed by atoms with Crippen LogP contribution in [0, 0.1) is 0 Å². The predicted octanol–water partition coefficient (Wildman–Crippen LogP) is 4.89. The molecule has 3 aromatic rings. The molecule has 0 unspecified atom stereocenters. The van der Waals surface area contributed by atoms with Crippen LogP contribution < -0.4 is 5.32 Å². The van der Waals surface area contributed by atoms with Gasteiger partial charge in [0, 0.05) is 10.4 Å². The van der Waals surface area contributed by atoms with E-state index in [1.54, 1.807) is 6.92 Å². The summed E-state index contributed by atoms with van der Waals surface area (Å²) in [4.78, 5) is 23.1. The number of carbonyl (C=O) groups excluding carboxylic acids is 1. The first-order valence-electron chi connectivity index (χ1n) is 9.13. The van der Waals surface area contributed by atoms with Crippen LogP contribution in [-0.2, 0) is 9.59 Å². The van der Waals surface area contributed by atoms with Crippen LogP contribution in [0.15, 0.2) is 75.2 Å². The summed E-state index contributed by atoms with van der Waals surface area (Å²) in [5.41, 5.74) is 1.25. The first kappa shape index (κ1) is 23.1. The normalized spacial score (nSPS) is 12.2. The molecule has 0 aliphatic heterocycles. The van der Waals surface area contributed by atoms with E-state index < -0.39 is 5.97 Å². The van der Waals surface area contributed by atoms with Gasteiger partial charge in [0.05, 0.1) is 23.6 Å². The number of nitrogens with one attached hydrogen (secondary N) is 1. The highest BCUT2D eigenvalue weighted by molar-refractivity contribution is 9.10. The molecule has 0 fully saturated rings. The van der Waals surface area contributed by atoms with Crippen LogP contribution in [0.1, 0.15) is 13.3 Å². The number of aliphatic carboxylic acids is 1. The number of carbonyl (C=O) groups is 2. The monoisotopic (exact) mass is 520 g/mol. The lowest BCUT2D eigenvalue weighted by atomic mass is 10.1. The van der Waals surface area contributed by atoms with Gasteiger partial charge in [0.2, 0.25) is 10.6 Å². The lowest BCUT2D eigenvalue weighted by Gasteiger charge is -2.11. The summed E-state index contributed by atoms with van der Waals surface area (Å²) in [6, 6.07) is 13.9. The molecule has 1 amide bonds. The number of amides is 1. The van der Waals surface area contributed by atoms with Gasteiger partial charge in [-0.3, -0.25) is 14.2 Å². The van der Waals surface area contributed by atoms with Gasteiger partial charge in [-0.15, -0.1) is 10.2 Å². The highest BCUT2D eigenvalue weighted by Gasteiger charge is 2.16. The van der Waals surface area contributed by atoms with Crippen LogP contribution in [0.2, 0.25) is 0 Å². The van der Waals surface area contributed by atoms with Crippen molar-refractivity contribution in [2.24, 2.45) is 0 Å². The number of benzene rings is 2. The number of hydrogen-bond acceptors (Lipinski definition) is 5. The maximum atomic E-state index is 12.5. The molecule has 0 aliphatic rings. The number of allylic oxidation sites excluding steroid dienone is 2. The smallest absolute Gasteiger partial charge is 0.307 e. The average Bonchev–Trinajstić information content (AvgIpc) is 3.11. The minimum Gasteiger partial charge on any atom is -0.481 e. The summed E-state index contributed by atoms with van der Waals surface area (Å²) in [5, 5.41) is 22.7. The predicted molar refractivity (Wildman–Crippen MR) is 125 cm³/mol. The van der Waals surface area contributed by atoms with E-state index in [4.69, 9.17) is 16.7 Å². The average molecular weight is 522 g/mol. The molecule has 0 bridgehead atoms. The Labute approximate surface area is 196 Å². The summed E-state index contributed by atoms with van der Waals surface area (Å²) in [6.45, 7) is 1.61. The molecular formula is C21H18BrClN4O3S. The lowest BCUT2D eigenvalue weighted by molar-refractivity contribution is -0.136. The van der Waals surface area contributed by atoms with E-state index in [-0.39, 0.29) is 18.1 Å². The molecule has 0 aliphatic carbocycles. The van der Waals surface area contributed by atoms with E-state index in [1.165, 1.54) is 23.9 Å². The molecule has 2 N–H and O–H groups in total. The molecule has 0 saturated carbocycles. The SMILES string of the molecule is C/C(Cl)=C(\C=C/CC(=O)O)NC(=O)CSc1nnc(Br)n1-c1cccc2ccccc12. The maximum absolute atomic E-state index is 12.5. The van der Waals surface area contributed by atoms with E-state index in [9.17, 15) is 9.59 Å². The van der Waals surface area contributed by atoms with Crippen molar-refractivity contribution < 1.29 is 14.7 Å². The Balaban J connectivity index is 1.76. The Morgan fingerprint density at radius 2 is 1.97 bits per heavy atom. The number of hydrogen-bond donors (Lipinski definition) is 2. The molecule has 1 aromatic heterocycles.